The molecule has 2 N–H and O–H groups in total. The average molecular weight is 225 g/mol. The van der Waals surface area contributed by atoms with Crippen LogP contribution < -0.4 is 10.1 Å². The summed E-state index contributed by atoms with van der Waals surface area (Å²) >= 11 is 0. The van der Waals surface area contributed by atoms with Gasteiger partial charge in [-0.1, -0.05) is 6.92 Å². The smallest absolute Gasteiger partial charge is 0.226 e. The van der Waals surface area contributed by atoms with Crippen LogP contribution in [0.25, 0.3) is 0 Å². The first-order valence-corrected chi connectivity index (χ1v) is 5.43. The summed E-state index contributed by atoms with van der Waals surface area (Å²) in [6.07, 6.45) is 2.57. The Bertz CT molecular complexity index is 323. The molecule has 0 aromatic carbocycles. The third kappa shape index (κ3) is 4.93. The molecule has 0 atom stereocenters. The normalized spacial score (nSPS) is 11.2. The standard InChI is InChI=1S/C11H19N3O2/c1-4-7-16-9-5-6-12-10(14-9)13-8-11(2,3)15/h5-6,15H,4,7-8H2,1-3H3,(H,12,13,14). The van der Waals surface area contributed by atoms with Crippen LogP contribution in [0, 0.1) is 0 Å². The van der Waals surface area contributed by atoms with Crippen LogP contribution in [0.3, 0.4) is 0 Å². The van der Waals surface area contributed by atoms with Gasteiger partial charge in [-0.15, -0.1) is 0 Å². The number of nitrogens with zero attached hydrogens (tertiary/aromatic N) is 2. The van der Waals surface area contributed by atoms with E-state index in [2.05, 4.69) is 15.3 Å². The topological polar surface area (TPSA) is 67.3 Å². The molecule has 0 spiro atoms. The van der Waals surface area contributed by atoms with Crippen molar-refractivity contribution in [1.82, 2.24) is 9.97 Å². The number of nitrogens with one attached hydrogen (secondary N) is 1. The highest BCUT2D eigenvalue weighted by atomic mass is 16.5. The quantitative estimate of drug-likeness (QED) is 0.767. The number of aromatic nitrogens is 2. The third-order valence-electron chi connectivity index (χ3n) is 1.76. The lowest BCUT2D eigenvalue weighted by Gasteiger charge is -2.17. The largest absolute Gasteiger partial charge is 0.478 e. The summed E-state index contributed by atoms with van der Waals surface area (Å²) in [5.41, 5.74) is -0.788. The molecule has 0 saturated carbocycles. The van der Waals surface area contributed by atoms with E-state index in [1.807, 2.05) is 6.92 Å². The highest BCUT2D eigenvalue weighted by Crippen LogP contribution is 2.09. The SMILES string of the molecule is CCCOc1ccnc(NCC(C)(C)O)n1. The molecular formula is C11H19N3O2. The Morgan fingerprint density at radius 2 is 2.25 bits per heavy atom. The van der Waals surface area contributed by atoms with Gasteiger partial charge in [-0.2, -0.15) is 4.98 Å². The van der Waals surface area contributed by atoms with Gasteiger partial charge in [0.05, 0.1) is 12.2 Å². The summed E-state index contributed by atoms with van der Waals surface area (Å²) in [4.78, 5) is 8.19. The van der Waals surface area contributed by atoms with Gasteiger partial charge < -0.3 is 15.2 Å². The minimum atomic E-state index is -0.788. The van der Waals surface area contributed by atoms with Crippen LogP contribution in [0.15, 0.2) is 12.3 Å². The number of hydrogen-bond acceptors (Lipinski definition) is 5. The van der Waals surface area contributed by atoms with Gasteiger partial charge in [-0.3, -0.25) is 0 Å². The lowest BCUT2D eigenvalue weighted by molar-refractivity contribution is 0.0943. The number of rotatable bonds is 6. The van der Waals surface area contributed by atoms with Crippen molar-refractivity contribution < 1.29 is 9.84 Å². The van der Waals surface area contributed by atoms with E-state index in [1.54, 1.807) is 26.1 Å². The molecular weight excluding hydrogens is 206 g/mol. The summed E-state index contributed by atoms with van der Waals surface area (Å²) in [6, 6.07) is 1.71. The summed E-state index contributed by atoms with van der Waals surface area (Å²) in [5, 5.41) is 12.5. The Labute approximate surface area is 95.9 Å². The van der Waals surface area contributed by atoms with Crippen LogP contribution in [-0.4, -0.2) is 33.8 Å². The molecule has 16 heavy (non-hydrogen) atoms. The van der Waals surface area contributed by atoms with Crippen molar-refractivity contribution in [2.75, 3.05) is 18.5 Å². The molecule has 1 aromatic heterocycles. The minimum Gasteiger partial charge on any atom is -0.478 e. The number of ether oxygens (including phenoxy) is 1. The molecule has 0 aliphatic rings. The van der Waals surface area contributed by atoms with E-state index in [4.69, 9.17) is 4.74 Å². The Hall–Kier alpha value is -1.36. The molecule has 1 heterocycles. The molecule has 0 saturated heterocycles. The van der Waals surface area contributed by atoms with Crippen LogP contribution in [0.1, 0.15) is 27.2 Å². The van der Waals surface area contributed by atoms with E-state index in [0.29, 0.717) is 25.0 Å². The van der Waals surface area contributed by atoms with Crippen LogP contribution in [0.2, 0.25) is 0 Å². The second-order valence-electron chi connectivity index (χ2n) is 4.23. The van der Waals surface area contributed by atoms with Gasteiger partial charge in [0, 0.05) is 18.8 Å². The Morgan fingerprint density at radius 3 is 2.88 bits per heavy atom. The molecule has 1 aromatic rings. The zero-order valence-electron chi connectivity index (χ0n) is 10.0. The Balaban J connectivity index is 2.53. The van der Waals surface area contributed by atoms with Crippen LogP contribution >= 0.6 is 0 Å². The van der Waals surface area contributed by atoms with Crippen LogP contribution in [-0.2, 0) is 0 Å². The highest BCUT2D eigenvalue weighted by Gasteiger charge is 2.12. The lowest BCUT2D eigenvalue weighted by atomic mass is 10.1. The maximum atomic E-state index is 9.54. The first kappa shape index (κ1) is 12.7. The van der Waals surface area contributed by atoms with Gasteiger partial charge in [0.25, 0.3) is 0 Å². The Kier molecular flexibility index (Phi) is 4.49. The fourth-order valence-corrected chi connectivity index (χ4v) is 1.01. The lowest BCUT2D eigenvalue weighted by Crippen LogP contribution is -2.29. The van der Waals surface area contributed by atoms with Crippen molar-refractivity contribution in [2.24, 2.45) is 0 Å². The van der Waals surface area contributed by atoms with E-state index in [0.717, 1.165) is 6.42 Å². The highest BCUT2D eigenvalue weighted by molar-refractivity contribution is 5.27. The zero-order chi connectivity index (χ0) is 12.0. The molecule has 0 unspecified atom stereocenters. The van der Waals surface area contributed by atoms with E-state index < -0.39 is 5.60 Å². The summed E-state index contributed by atoms with van der Waals surface area (Å²) < 4.78 is 5.37. The molecule has 0 aliphatic carbocycles. The molecule has 90 valence electrons. The van der Waals surface area contributed by atoms with Crippen molar-refractivity contribution in [3.63, 3.8) is 0 Å². The first-order chi connectivity index (χ1) is 7.51. The van der Waals surface area contributed by atoms with Gasteiger partial charge >= 0.3 is 0 Å². The van der Waals surface area contributed by atoms with E-state index in [9.17, 15) is 5.11 Å². The van der Waals surface area contributed by atoms with Crippen LogP contribution in [0.4, 0.5) is 5.95 Å². The number of aliphatic hydroxyl groups is 1. The fourth-order valence-electron chi connectivity index (χ4n) is 1.01. The predicted octanol–water partition coefficient (Wildman–Crippen LogP) is 1.45. The average Bonchev–Trinajstić information content (AvgIpc) is 2.23. The molecule has 1 rings (SSSR count). The molecule has 5 heteroatoms. The number of hydrogen-bond donors (Lipinski definition) is 2. The summed E-state index contributed by atoms with van der Waals surface area (Å²) in [7, 11) is 0. The van der Waals surface area contributed by atoms with Gasteiger partial charge in [-0.25, -0.2) is 4.98 Å². The second kappa shape index (κ2) is 5.65. The Morgan fingerprint density at radius 1 is 1.50 bits per heavy atom. The van der Waals surface area contributed by atoms with E-state index in [-0.39, 0.29) is 0 Å². The number of anilines is 1. The molecule has 0 fully saturated rings. The molecule has 0 bridgehead atoms. The molecule has 0 amide bonds. The predicted molar refractivity (Wildman–Crippen MR) is 62.6 cm³/mol. The first-order valence-electron chi connectivity index (χ1n) is 5.43. The van der Waals surface area contributed by atoms with Crippen molar-refractivity contribution in [2.45, 2.75) is 32.8 Å². The van der Waals surface area contributed by atoms with Crippen molar-refractivity contribution in [1.29, 1.82) is 0 Å². The van der Waals surface area contributed by atoms with Gasteiger partial charge in [0.1, 0.15) is 0 Å². The van der Waals surface area contributed by atoms with E-state index in [1.165, 1.54) is 0 Å². The summed E-state index contributed by atoms with van der Waals surface area (Å²) in [6.45, 7) is 6.51. The molecule has 0 radical (unpaired) electrons. The van der Waals surface area contributed by atoms with Crippen LogP contribution in [0.5, 0.6) is 5.88 Å². The molecule has 0 aliphatic heterocycles. The third-order valence-corrected chi connectivity index (χ3v) is 1.76. The van der Waals surface area contributed by atoms with Gasteiger partial charge in [0.2, 0.25) is 11.8 Å². The zero-order valence-corrected chi connectivity index (χ0v) is 10.0. The van der Waals surface area contributed by atoms with Crippen molar-refractivity contribution >= 4 is 5.95 Å². The van der Waals surface area contributed by atoms with E-state index >= 15 is 0 Å². The summed E-state index contributed by atoms with van der Waals surface area (Å²) in [5.74, 6) is 1.02. The molecule has 5 nitrogen and oxygen atoms in total. The maximum absolute atomic E-state index is 9.54. The van der Waals surface area contributed by atoms with Crippen molar-refractivity contribution in [3.05, 3.63) is 12.3 Å². The monoisotopic (exact) mass is 225 g/mol. The fraction of sp³-hybridized carbons (Fsp3) is 0.636. The van der Waals surface area contributed by atoms with Gasteiger partial charge in [0.15, 0.2) is 0 Å². The van der Waals surface area contributed by atoms with Crippen molar-refractivity contribution in [3.8, 4) is 5.88 Å². The second-order valence-corrected chi connectivity index (χ2v) is 4.23. The maximum Gasteiger partial charge on any atom is 0.226 e. The van der Waals surface area contributed by atoms with Gasteiger partial charge in [-0.05, 0) is 20.3 Å². The minimum absolute atomic E-state index is 0.393.